The Hall–Kier alpha value is -0.710. The minimum atomic E-state index is -3.75. The summed E-state index contributed by atoms with van der Waals surface area (Å²) in [5.41, 5.74) is 0. The molecule has 0 aromatic heterocycles. The number of hydrogen-bond acceptors (Lipinski definition) is 5. The minimum absolute atomic E-state index is 0.360. The van der Waals surface area contributed by atoms with Crippen molar-refractivity contribution in [1.29, 1.82) is 0 Å². The standard InChI is InChI=1S/C5H12N2O6S2/c6-14(10,11)4-2-7-15(12,13)3-1-5(8)9/h7H,1-4H2,(H,8,9)(H2,6,10,11). The molecule has 0 aliphatic carbocycles. The van der Waals surface area contributed by atoms with E-state index in [1.807, 2.05) is 4.72 Å². The molecule has 0 bridgehead atoms. The first-order valence-corrected chi connectivity index (χ1v) is 7.19. The van der Waals surface area contributed by atoms with Crippen molar-refractivity contribution in [2.75, 3.05) is 18.1 Å². The van der Waals surface area contributed by atoms with Crippen LogP contribution in [0.5, 0.6) is 0 Å². The van der Waals surface area contributed by atoms with Crippen LogP contribution < -0.4 is 9.86 Å². The monoisotopic (exact) mass is 260 g/mol. The number of carbonyl (C=O) groups is 1. The van der Waals surface area contributed by atoms with E-state index >= 15 is 0 Å². The summed E-state index contributed by atoms with van der Waals surface area (Å²) in [6, 6.07) is 0. The molecular weight excluding hydrogens is 248 g/mol. The molecule has 0 radical (unpaired) electrons. The Morgan fingerprint density at radius 3 is 2.13 bits per heavy atom. The Labute approximate surface area is 87.6 Å². The van der Waals surface area contributed by atoms with Gasteiger partial charge in [-0.3, -0.25) is 4.79 Å². The Morgan fingerprint density at radius 1 is 1.20 bits per heavy atom. The third-order valence-corrected chi connectivity index (χ3v) is 3.45. The number of sulfonamides is 2. The number of nitrogens with one attached hydrogen (secondary N) is 1. The molecule has 0 aliphatic rings. The van der Waals surface area contributed by atoms with Crippen LogP contribution in [0.4, 0.5) is 0 Å². The highest BCUT2D eigenvalue weighted by molar-refractivity contribution is 7.90. The van der Waals surface area contributed by atoms with Crippen molar-refractivity contribution in [3.05, 3.63) is 0 Å². The highest BCUT2D eigenvalue weighted by Crippen LogP contribution is 1.89. The number of hydrogen-bond donors (Lipinski definition) is 3. The predicted octanol–water partition coefficient (Wildman–Crippen LogP) is -2.33. The van der Waals surface area contributed by atoms with E-state index in [1.54, 1.807) is 0 Å². The number of nitrogens with two attached hydrogens (primary N) is 1. The Kier molecular flexibility index (Phi) is 5.14. The Morgan fingerprint density at radius 2 is 1.73 bits per heavy atom. The summed E-state index contributed by atoms with van der Waals surface area (Å²) >= 11 is 0. The van der Waals surface area contributed by atoms with Crippen molar-refractivity contribution >= 4 is 26.0 Å². The molecule has 0 spiro atoms. The lowest BCUT2D eigenvalue weighted by molar-refractivity contribution is -0.136. The highest BCUT2D eigenvalue weighted by Gasteiger charge is 2.13. The number of aliphatic carboxylic acids is 1. The van der Waals surface area contributed by atoms with Gasteiger partial charge in [0.25, 0.3) is 0 Å². The fraction of sp³-hybridized carbons (Fsp3) is 0.800. The molecule has 0 fully saturated rings. The van der Waals surface area contributed by atoms with Gasteiger partial charge in [-0.1, -0.05) is 0 Å². The van der Waals surface area contributed by atoms with Crippen molar-refractivity contribution in [2.24, 2.45) is 5.14 Å². The molecule has 0 amide bonds. The Bertz CT molecular complexity index is 411. The van der Waals surface area contributed by atoms with Gasteiger partial charge in [-0.2, -0.15) is 0 Å². The summed E-state index contributed by atoms with van der Waals surface area (Å²) in [7, 11) is -7.47. The smallest absolute Gasteiger partial charge is 0.304 e. The van der Waals surface area contributed by atoms with E-state index in [-0.39, 0.29) is 6.54 Å². The van der Waals surface area contributed by atoms with Crippen LogP contribution in [0.15, 0.2) is 0 Å². The van der Waals surface area contributed by atoms with E-state index in [4.69, 9.17) is 5.11 Å². The summed E-state index contributed by atoms with van der Waals surface area (Å²) in [5.74, 6) is -2.36. The van der Waals surface area contributed by atoms with Gasteiger partial charge in [0.05, 0.1) is 17.9 Å². The van der Waals surface area contributed by atoms with Gasteiger partial charge in [0.15, 0.2) is 0 Å². The van der Waals surface area contributed by atoms with Crippen LogP contribution in [0.25, 0.3) is 0 Å². The second kappa shape index (κ2) is 5.39. The van der Waals surface area contributed by atoms with Crippen LogP contribution in [0.1, 0.15) is 6.42 Å². The maximum absolute atomic E-state index is 11.0. The average molecular weight is 260 g/mol. The van der Waals surface area contributed by atoms with Crippen molar-refractivity contribution in [1.82, 2.24) is 4.72 Å². The van der Waals surface area contributed by atoms with Crippen molar-refractivity contribution in [2.45, 2.75) is 6.42 Å². The highest BCUT2D eigenvalue weighted by atomic mass is 32.2. The number of carboxylic acid groups (broad SMARTS) is 1. The molecule has 0 aromatic rings. The van der Waals surface area contributed by atoms with Gasteiger partial charge in [0.1, 0.15) is 0 Å². The maximum Gasteiger partial charge on any atom is 0.304 e. The number of carboxylic acids is 1. The van der Waals surface area contributed by atoms with E-state index in [1.165, 1.54) is 0 Å². The first-order chi connectivity index (χ1) is 6.62. The van der Waals surface area contributed by atoms with Gasteiger partial charge in [-0.05, 0) is 0 Å². The van der Waals surface area contributed by atoms with Gasteiger partial charge in [0.2, 0.25) is 20.0 Å². The zero-order valence-electron chi connectivity index (χ0n) is 7.71. The summed E-state index contributed by atoms with van der Waals surface area (Å²) in [6.45, 7) is -0.360. The fourth-order valence-electron chi connectivity index (χ4n) is 0.633. The van der Waals surface area contributed by atoms with Gasteiger partial charge >= 0.3 is 5.97 Å². The molecule has 90 valence electrons. The van der Waals surface area contributed by atoms with E-state index in [0.717, 1.165) is 0 Å². The van der Waals surface area contributed by atoms with Gasteiger partial charge < -0.3 is 5.11 Å². The van der Waals surface area contributed by atoms with Crippen LogP contribution in [0.2, 0.25) is 0 Å². The van der Waals surface area contributed by atoms with E-state index in [2.05, 4.69) is 5.14 Å². The first-order valence-electron chi connectivity index (χ1n) is 3.82. The lowest BCUT2D eigenvalue weighted by Crippen LogP contribution is -2.33. The molecule has 0 heterocycles. The molecule has 8 nitrogen and oxygen atoms in total. The van der Waals surface area contributed by atoms with Crippen molar-refractivity contribution in [3.8, 4) is 0 Å². The van der Waals surface area contributed by atoms with Crippen molar-refractivity contribution < 1.29 is 26.7 Å². The first kappa shape index (κ1) is 14.3. The summed E-state index contributed by atoms with van der Waals surface area (Å²) < 4.78 is 44.8. The van der Waals surface area contributed by atoms with Crippen LogP contribution in [-0.4, -0.2) is 46.0 Å². The molecule has 4 N–H and O–H groups in total. The van der Waals surface area contributed by atoms with Gasteiger partial charge in [-0.25, -0.2) is 26.7 Å². The summed E-state index contributed by atoms with van der Waals surface area (Å²) in [4.78, 5) is 10.1. The maximum atomic E-state index is 11.0. The van der Waals surface area contributed by atoms with Crippen LogP contribution >= 0.6 is 0 Å². The molecule has 0 saturated heterocycles. The van der Waals surface area contributed by atoms with Gasteiger partial charge in [-0.15, -0.1) is 0 Å². The molecule has 15 heavy (non-hydrogen) atoms. The minimum Gasteiger partial charge on any atom is -0.481 e. The quantitative estimate of drug-likeness (QED) is 0.468. The van der Waals surface area contributed by atoms with E-state index in [0.29, 0.717) is 0 Å². The fourth-order valence-corrected chi connectivity index (χ4v) is 2.15. The molecule has 0 unspecified atom stereocenters. The molecule has 0 aliphatic heterocycles. The summed E-state index contributed by atoms with van der Waals surface area (Å²) in [5, 5.41) is 12.9. The number of rotatable bonds is 7. The molecule has 0 aromatic carbocycles. The largest absolute Gasteiger partial charge is 0.481 e. The average Bonchev–Trinajstić information content (AvgIpc) is 1.98. The molecule has 0 saturated carbocycles. The SMILES string of the molecule is NS(=O)(=O)CCNS(=O)(=O)CCC(=O)O. The van der Waals surface area contributed by atoms with E-state index < -0.39 is 43.9 Å². The predicted molar refractivity (Wildman–Crippen MR) is 52.0 cm³/mol. The Balaban J connectivity index is 4.01. The molecule has 0 atom stereocenters. The lowest BCUT2D eigenvalue weighted by atomic mass is 10.5. The lowest BCUT2D eigenvalue weighted by Gasteiger charge is -2.03. The van der Waals surface area contributed by atoms with Crippen LogP contribution in [0, 0.1) is 0 Å². The third kappa shape index (κ3) is 9.59. The van der Waals surface area contributed by atoms with Gasteiger partial charge in [0, 0.05) is 6.54 Å². The van der Waals surface area contributed by atoms with Crippen LogP contribution in [-0.2, 0) is 24.8 Å². The molecule has 0 rings (SSSR count). The second-order valence-electron chi connectivity index (χ2n) is 2.72. The normalized spacial score (nSPS) is 12.6. The zero-order valence-corrected chi connectivity index (χ0v) is 9.34. The van der Waals surface area contributed by atoms with Crippen LogP contribution in [0.3, 0.4) is 0 Å². The number of primary sulfonamides is 1. The van der Waals surface area contributed by atoms with E-state index in [9.17, 15) is 21.6 Å². The third-order valence-electron chi connectivity index (χ3n) is 1.29. The topological polar surface area (TPSA) is 144 Å². The second-order valence-corrected chi connectivity index (χ2v) is 6.38. The molecular formula is C5H12N2O6S2. The zero-order chi connectivity index (χ0) is 12.1. The van der Waals surface area contributed by atoms with Crippen molar-refractivity contribution in [3.63, 3.8) is 0 Å². The summed E-state index contributed by atoms with van der Waals surface area (Å²) in [6.07, 6.45) is -0.537. The molecule has 10 heteroatoms.